The summed E-state index contributed by atoms with van der Waals surface area (Å²) in [6.07, 6.45) is 1.51. The summed E-state index contributed by atoms with van der Waals surface area (Å²) >= 11 is 0. The second-order valence-corrected chi connectivity index (χ2v) is 6.57. The molecular weight excluding hydrogens is 342 g/mol. The Morgan fingerprint density at radius 3 is 2.63 bits per heavy atom. The van der Waals surface area contributed by atoms with E-state index in [0.717, 1.165) is 23.4 Å². The Kier molecular flexibility index (Phi) is 5.77. The molecule has 0 saturated carbocycles. The first-order valence-electron chi connectivity index (χ1n) is 8.63. The molecule has 3 rings (SSSR count). The van der Waals surface area contributed by atoms with Gasteiger partial charge in [-0.25, -0.2) is 9.48 Å². The number of nitrogens with zero attached hydrogens (tertiary/aromatic N) is 5. The third-order valence-electron chi connectivity index (χ3n) is 4.13. The van der Waals surface area contributed by atoms with Crippen LogP contribution in [0.15, 0.2) is 48.8 Å². The fourth-order valence-electron chi connectivity index (χ4n) is 2.73. The number of aryl methyl sites for hydroxylation is 1. The number of tetrazole rings is 1. The van der Waals surface area contributed by atoms with Crippen LogP contribution in [0.1, 0.15) is 16.7 Å². The molecule has 1 aromatic heterocycles. The van der Waals surface area contributed by atoms with Crippen molar-refractivity contribution in [3.8, 4) is 5.69 Å². The zero-order valence-corrected chi connectivity index (χ0v) is 15.7. The molecule has 2 aromatic carbocycles. The van der Waals surface area contributed by atoms with Gasteiger partial charge in [0.1, 0.15) is 6.33 Å². The largest absolute Gasteiger partial charge is 0.334 e. The van der Waals surface area contributed by atoms with Crippen LogP contribution in [0.4, 0.5) is 10.5 Å². The van der Waals surface area contributed by atoms with Gasteiger partial charge in [-0.1, -0.05) is 30.3 Å². The Morgan fingerprint density at radius 2 is 1.93 bits per heavy atom. The normalized spacial score (nSPS) is 10.8. The molecule has 2 amide bonds. The minimum absolute atomic E-state index is 0.258. The number of benzene rings is 2. The van der Waals surface area contributed by atoms with Crippen molar-refractivity contribution in [1.82, 2.24) is 30.4 Å². The second-order valence-electron chi connectivity index (χ2n) is 6.57. The van der Waals surface area contributed by atoms with Gasteiger partial charge in [-0.2, -0.15) is 0 Å². The first-order chi connectivity index (χ1) is 13.0. The van der Waals surface area contributed by atoms with Crippen LogP contribution in [0.25, 0.3) is 5.69 Å². The summed E-state index contributed by atoms with van der Waals surface area (Å²) in [5.41, 5.74) is 4.73. The van der Waals surface area contributed by atoms with Gasteiger partial charge in [-0.05, 0) is 60.3 Å². The van der Waals surface area contributed by atoms with Crippen molar-refractivity contribution in [2.45, 2.75) is 20.0 Å². The van der Waals surface area contributed by atoms with Crippen LogP contribution >= 0.6 is 0 Å². The molecule has 0 fully saturated rings. The predicted molar refractivity (Wildman–Crippen MR) is 104 cm³/mol. The monoisotopic (exact) mass is 365 g/mol. The number of carbonyl (C=O) groups is 1. The van der Waals surface area contributed by atoms with Crippen LogP contribution in [0, 0.1) is 6.92 Å². The molecule has 0 radical (unpaired) electrons. The second kappa shape index (κ2) is 8.41. The van der Waals surface area contributed by atoms with Crippen molar-refractivity contribution in [3.63, 3.8) is 0 Å². The van der Waals surface area contributed by atoms with Crippen molar-refractivity contribution in [2.24, 2.45) is 0 Å². The average molecular weight is 365 g/mol. The van der Waals surface area contributed by atoms with Gasteiger partial charge >= 0.3 is 6.03 Å². The molecule has 0 aliphatic heterocycles. The quantitative estimate of drug-likeness (QED) is 0.700. The van der Waals surface area contributed by atoms with E-state index in [0.29, 0.717) is 12.2 Å². The molecule has 0 saturated heterocycles. The molecular formula is C19H23N7O. The third kappa shape index (κ3) is 4.89. The highest BCUT2D eigenvalue weighted by atomic mass is 16.2. The summed E-state index contributed by atoms with van der Waals surface area (Å²) in [5, 5.41) is 17.0. The van der Waals surface area contributed by atoms with Crippen molar-refractivity contribution in [3.05, 3.63) is 65.5 Å². The molecule has 0 bridgehead atoms. The first-order valence-corrected chi connectivity index (χ1v) is 8.63. The molecule has 8 heteroatoms. The molecule has 8 nitrogen and oxygen atoms in total. The van der Waals surface area contributed by atoms with E-state index in [9.17, 15) is 4.79 Å². The van der Waals surface area contributed by atoms with Crippen LogP contribution < -0.4 is 10.6 Å². The van der Waals surface area contributed by atoms with Gasteiger partial charge in [0.05, 0.1) is 5.69 Å². The number of amides is 2. The SMILES string of the molecule is Cc1ccc(-n2cnnn2)cc1NC(=O)NCc1ccccc1CN(C)C. The fourth-order valence-corrected chi connectivity index (χ4v) is 2.73. The molecule has 3 aromatic rings. The van der Waals surface area contributed by atoms with E-state index >= 15 is 0 Å². The van der Waals surface area contributed by atoms with E-state index in [4.69, 9.17) is 0 Å². The summed E-state index contributed by atoms with van der Waals surface area (Å²) in [6.45, 7) is 3.22. The molecule has 0 aliphatic rings. The van der Waals surface area contributed by atoms with Gasteiger partial charge in [0, 0.05) is 18.8 Å². The van der Waals surface area contributed by atoms with Crippen LogP contribution in [-0.4, -0.2) is 45.2 Å². The summed E-state index contributed by atoms with van der Waals surface area (Å²) in [4.78, 5) is 14.5. The Morgan fingerprint density at radius 1 is 1.15 bits per heavy atom. The van der Waals surface area contributed by atoms with Gasteiger partial charge < -0.3 is 15.5 Å². The molecule has 0 atom stereocenters. The lowest BCUT2D eigenvalue weighted by Gasteiger charge is -2.15. The van der Waals surface area contributed by atoms with E-state index in [1.807, 2.05) is 57.4 Å². The minimum atomic E-state index is -0.258. The van der Waals surface area contributed by atoms with Crippen LogP contribution in [0.5, 0.6) is 0 Å². The van der Waals surface area contributed by atoms with E-state index in [1.54, 1.807) is 4.68 Å². The molecule has 0 spiro atoms. The summed E-state index contributed by atoms with van der Waals surface area (Å²) < 4.78 is 1.54. The van der Waals surface area contributed by atoms with Gasteiger partial charge in [-0.3, -0.25) is 0 Å². The average Bonchev–Trinajstić information content (AvgIpc) is 3.17. The predicted octanol–water partition coefficient (Wildman–Crippen LogP) is 2.35. The van der Waals surface area contributed by atoms with Crippen LogP contribution in [0.3, 0.4) is 0 Å². The van der Waals surface area contributed by atoms with Crippen molar-refractivity contribution in [1.29, 1.82) is 0 Å². The Bertz CT molecular complexity index is 906. The molecule has 0 unspecified atom stereocenters. The van der Waals surface area contributed by atoms with E-state index in [-0.39, 0.29) is 6.03 Å². The lowest BCUT2D eigenvalue weighted by atomic mass is 10.1. The fraction of sp³-hybridized carbons (Fsp3) is 0.263. The molecule has 0 aliphatic carbocycles. The Labute approximate surface area is 158 Å². The van der Waals surface area contributed by atoms with Crippen molar-refractivity contribution >= 4 is 11.7 Å². The highest BCUT2D eigenvalue weighted by molar-refractivity contribution is 5.90. The molecule has 140 valence electrons. The number of urea groups is 1. The zero-order chi connectivity index (χ0) is 19.2. The number of hydrogen-bond acceptors (Lipinski definition) is 5. The number of anilines is 1. The van der Waals surface area contributed by atoms with Gasteiger partial charge in [0.25, 0.3) is 0 Å². The smallest absolute Gasteiger partial charge is 0.319 e. The molecule has 1 heterocycles. The highest BCUT2D eigenvalue weighted by Gasteiger charge is 2.09. The van der Waals surface area contributed by atoms with Crippen LogP contribution in [-0.2, 0) is 13.1 Å². The molecule has 2 N–H and O–H groups in total. The number of rotatable bonds is 6. The van der Waals surface area contributed by atoms with E-state index in [2.05, 4.69) is 37.1 Å². The summed E-state index contributed by atoms with van der Waals surface area (Å²) in [5.74, 6) is 0. The van der Waals surface area contributed by atoms with Crippen LogP contribution in [0.2, 0.25) is 0 Å². The maximum absolute atomic E-state index is 12.4. The van der Waals surface area contributed by atoms with Gasteiger partial charge in [0.15, 0.2) is 0 Å². The minimum Gasteiger partial charge on any atom is -0.334 e. The van der Waals surface area contributed by atoms with Crippen molar-refractivity contribution < 1.29 is 4.79 Å². The number of hydrogen-bond donors (Lipinski definition) is 2. The summed E-state index contributed by atoms with van der Waals surface area (Å²) in [6, 6.07) is 13.5. The molecule has 27 heavy (non-hydrogen) atoms. The Hall–Kier alpha value is -3.26. The van der Waals surface area contributed by atoms with Crippen molar-refractivity contribution in [2.75, 3.05) is 19.4 Å². The van der Waals surface area contributed by atoms with Gasteiger partial charge in [-0.15, -0.1) is 5.10 Å². The topological polar surface area (TPSA) is 88.0 Å². The summed E-state index contributed by atoms with van der Waals surface area (Å²) in [7, 11) is 4.05. The lowest BCUT2D eigenvalue weighted by Crippen LogP contribution is -2.29. The number of carbonyl (C=O) groups excluding carboxylic acids is 1. The maximum Gasteiger partial charge on any atom is 0.319 e. The van der Waals surface area contributed by atoms with E-state index in [1.165, 1.54) is 11.9 Å². The number of nitrogens with one attached hydrogen (secondary N) is 2. The highest BCUT2D eigenvalue weighted by Crippen LogP contribution is 2.19. The zero-order valence-electron chi connectivity index (χ0n) is 15.7. The maximum atomic E-state index is 12.4. The van der Waals surface area contributed by atoms with E-state index < -0.39 is 0 Å². The third-order valence-corrected chi connectivity index (χ3v) is 4.13. The van der Waals surface area contributed by atoms with Gasteiger partial charge in [0.2, 0.25) is 0 Å². The lowest BCUT2D eigenvalue weighted by molar-refractivity contribution is 0.251. The first kappa shape index (κ1) is 18.5. The standard InChI is InChI=1S/C19H23N7O/c1-14-8-9-17(26-13-21-23-24-26)10-18(14)22-19(27)20-11-15-6-4-5-7-16(15)12-25(2)3/h4-10,13H,11-12H2,1-3H3,(H2,20,22,27). The number of aromatic nitrogens is 4. The Balaban J connectivity index is 1.66.